The van der Waals surface area contributed by atoms with E-state index >= 15 is 0 Å². The zero-order valence-corrected chi connectivity index (χ0v) is 13.4. The summed E-state index contributed by atoms with van der Waals surface area (Å²) in [6, 6.07) is 5.39. The van der Waals surface area contributed by atoms with Crippen LogP contribution in [0.4, 0.5) is 6.01 Å². The number of halogens is 2. The highest BCUT2D eigenvalue weighted by Gasteiger charge is 2.25. The summed E-state index contributed by atoms with van der Waals surface area (Å²) in [5.41, 5.74) is 0.466. The summed E-state index contributed by atoms with van der Waals surface area (Å²) in [6.07, 6.45) is 0. The molecule has 0 aliphatic carbocycles. The molecule has 0 bridgehead atoms. The van der Waals surface area contributed by atoms with E-state index in [1.54, 1.807) is 30.0 Å². The Morgan fingerprint density at radius 3 is 2.50 bits per heavy atom. The van der Waals surface area contributed by atoms with Crippen LogP contribution in [-0.4, -0.2) is 47.2 Å². The van der Waals surface area contributed by atoms with E-state index in [0.717, 1.165) is 0 Å². The molecule has 3 rings (SSSR count). The van der Waals surface area contributed by atoms with E-state index < -0.39 is 0 Å². The van der Waals surface area contributed by atoms with Crippen molar-refractivity contribution in [3.8, 4) is 0 Å². The number of hydrogen-bond donors (Lipinski definition) is 0. The number of carbonyl (C=O) groups is 1. The lowest BCUT2D eigenvalue weighted by Crippen LogP contribution is -2.49. The van der Waals surface area contributed by atoms with Crippen LogP contribution in [0.15, 0.2) is 22.6 Å². The fourth-order valence-electron chi connectivity index (χ4n) is 2.35. The van der Waals surface area contributed by atoms with Crippen molar-refractivity contribution < 1.29 is 9.21 Å². The molecule has 0 radical (unpaired) electrons. The maximum Gasteiger partial charge on any atom is 0.318 e. The van der Waals surface area contributed by atoms with Gasteiger partial charge in [-0.05, 0) is 18.2 Å². The first-order valence-corrected chi connectivity index (χ1v) is 7.59. The molecule has 0 saturated carbocycles. The predicted octanol–water partition coefficient (Wildman–Crippen LogP) is 2.65. The van der Waals surface area contributed by atoms with Gasteiger partial charge in [-0.25, -0.2) is 0 Å². The maximum atomic E-state index is 12.5. The molecular weight excluding hydrogens is 327 g/mol. The van der Waals surface area contributed by atoms with Crippen LogP contribution in [0.1, 0.15) is 16.2 Å². The Bertz CT molecular complexity index is 696. The molecule has 1 aliphatic heterocycles. The quantitative estimate of drug-likeness (QED) is 0.840. The fraction of sp³-hybridized carbons (Fsp3) is 0.357. The Morgan fingerprint density at radius 2 is 1.91 bits per heavy atom. The smallest absolute Gasteiger partial charge is 0.318 e. The van der Waals surface area contributed by atoms with Crippen molar-refractivity contribution in [1.29, 1.82) is 0 Å². The summed E-state index contributed by atoms with van der Waals surface area (Å²) in [4.78, 5) is 16.2. The van der Waals surface area contributed by atoms with Gasteiger partial charge in [0, 0.05) is 38.1 Å². The number of benzene rings is 1. The van der Waals surface area contributed by atoms with Gasteiger partial charge >= 0.3 is 6.01 Å². The Hall–Kier alpha value is -1.79. The zero-order valence-electron chi connectivity index (χ0n) is 11.9. The molecule has 0 spiro atoms. The number of carbonyl (C=O) groups excluding carboxylic acids is 1. The SMILES string of the molecule is Cc1nnc(N2CCN(C(=O)c3ccc(Cl)cc3Cl)CC2)o1. The number of aromatic nitrogens is 2. The van der Waals surface area contributed by atoms with Gasteiger partial charge in [-0.3, -0.25) is 4.79 Å². The minimum absolute atomic E-state index is 0.0944. The van der Waals surface area contributed by atoms with Crippen LogP contribution in [0.5, 0.6) is 0 Å². The van der Waals surface area contributed by atoms with Gasteiger partial charge in [-0.2, -0.15) is 0 Å². The normalized spacial score (nSPS) is 15.2. The standard InChI is InChI=1S/C14H14Cl2N4O2/c1-9-17-18-14(22-9)20-6-4-19(5-7-20)13(21)11-3-2-10(15)8-12(11)16/h2-3,8H,4-7H2,1H3. The van der Waals surface area contributed by atoms with Crippen molar-refractivity contribution in [3.05, 3.63) is 39.7 Å². The van der Waals surface area contributed by atoms with E-state index in [4.69, 9.17) is 27.6 Å². The summed E-state index contributed by atoms with van der Waals surface area (Å²) in [6.45, 7) is 4.16. The predicted molar refractivity (Wildman–Crippen MR) is 83.6 cm³/mol. The largest absolute Gasteiger partial charge is 0.408 e. The molecule has 1 amide bonds. The Kier molecular flexibility index (Phi) is 4.22. The average molecular weight is 341 g/mol. The van der Waals surface area contributed by atoms with Crippen molar-refractivity contribution in [2.45, 2.75) is 6.92 Å². The Labute approximate surface area is 137 Å². The lowest BCUT2D eigenvalue weighted by molar-refractivity contribution is 0.0745. The summed E-state index contributed by atoms with van der Waals surface area (Å²) >= 11 is 12.0. The highest BCUT2D eigenvalue weighted by molar-refractivity contribution is 6.36. The van der Waals surface area contributed by atoms with Crippen LogP contribution in [-0.2, 0) is 0 Å². The van der Waals surface area contributed by atoms with Crippen LogP contribution in [0.3, 0.4) is 0 Å². The van der Waals surface area contributed by atoms with E-state index in [9.17, 15) is 4.79 Å². The molecule has 1 aliphatic rings. The number of nitrogens with zero attached hydrogens (tertiary/aromatic N) is 4. The van der Waals surface area contributed by atoms with E-state index in [-0.39, 0.29) is 5.91 Å². The van der Waals surface area contributed by atoms with Crippen molar-refractivity contribution in [2.75, 3.05) is 31.1 Å². The van der Waals surface area contributed by atoms with Gasteiger partial charge in [0.15, 0.2) is 0 Å². The minimum atomic E-state index is -0.0944. The van der Waals surface area contributed by atoms with Crippen molar-refractivity contribution >= 4 is 35.1 Å². The number of amides is 1. The second kappa shape index (κ2) is 6.14. The summed E-state index contributed by atoms with van der Waals surface area (Å²) < 4.78 is 5.40. The van der Waals surface area contributed by atoms with Crippen LogP contribution < -0.4 is 4.90 Å². The number of hydrogen-bond acceptors (Lipinski definition) is 5. The zero-order chi connectivity index (χ0) is 15.7. The van der Waals surface area contributed by atoms with Gasteiger partial charge < -0.3 is 14.2 Å². The molecule has 8 heteroatoms. The first kappa shape index (κ1) is 15.1. The summed E-state index contributed by atoms with van der Waals surface area (Å²) in [5, 5.41) is 8.69. The molecular formula is C14H14Cl2N4O2. The van der Waals surface area contributed by atoms with E-state index in [0.29, 0.717) is 53.7 Å². The monoisotopic (exact) mass is 340 g/mol. The molecule has 0 N–H and O–H groups in total. The second-order valence-corrected chi connectivity index (χ2v) is 5.85. The van der Waals surface area contributed by atoms with Gasteiger partial charge in [-0.1, -0.05) is 28.3 Å². The highest BCUT2D eigenvalue weighted by atomic mass is 35.5. The van der Waals surface area contributed by atoms with Gasteiger partial charge in [0.05, 0.1) is 10.6 Å². The average Bonchev–Trinajstić information content (AvgIpc) is 2.93. The third-order valence-electron chi connectivity index (χ3n) is 3.51. The van der Waals surface area contributed by atoms with Crippen molar-refractivity contribution in [2.24, 2.45) is 0 Å². The summed E-state index contributed by atoms with van der Waals surface area (Å²) in [7, 11) is 0. The topological polar surface area (TPSA) is 62.5 Å². The van der Waals surface area contributed by atoms with E-state index in [2.05, 4.69) is 10.2 Å². The van der Waals surface area contributed by atoms with Gasteiger partial charge in [0.2, 0.25) is 5.89 Å². The van der Waals surface area contributed by atoms with Gasteiger partial charge in [0.1, 0.15) is 0 Å². The molecule has 116 valence electrons. The minimum Gasteiger partial charge on any atom is -0.408 e. The Morgan fingerprint density at radius 1 is 1.18 bits per heavy atom. The van der Waals surface area contributed by atoms with Crippen molar-refractivity contribution in [1.82, 2.24) is 15.1 Å². The molecule has 1 aromatic carbocycles. The third kappa shape index (κ3) is 3.03. The van der Waals surface area contributed by atoms with Crippen molar-refractivity contribution in [3.63, 3.8) is 0 Å². The first-order chi connectivity index (χ1) is 10.5. The van der Waals surface area contributed by atoms with E-state index in [1.807, 2.05) is 4.90 Å². The van der Waals surface area contributed by atoms with Gasteiger partial charge in [0.25, 0.3) is 5.91 Å². The third-order valence-corrected chi connectivity index (χ3v) is 4.06. The molecule has 0 unspecified atom stereocenters. The number of rotatable bonds is 2. The molecule has 1 aromatic heterocycles. The molecule has 1 saturated heterocycles. The highest BCUT2D eigenvalue weighted by Crippen LogP contribution is 2.23. The van der Waals surface area contributed by atoms with Gasteiger partial charge in [-0.15, -0.1) is 5.10 Å². The number of piperazine rings is 1. The molecule has 2 heterocycles. The van der Waals surface area contributed by atoms with Crippen LogP contribution >= 0.6 is 23.2 Å². The number of aryl methyl sites for hydroxylation is 1. The molecule has 6 nitrogen and oxygen atoms in total. The summed E-state index contributed by atoms with van der Waals surface area (Å²) in [5.74, 6) is 0.435. The molecule has 1 fully saturated rings. The van der Waals surface area contributed by atoms with E-state index in [1.165, 1.54) is 0 Å². The molecule has 2 aromatic rings. The lowest BCUT2D eigenvalue weighted by Gasteiger charge is -2.33. The second-order valence-electron chi connectivity index (χ2n) is 5.01. The van der Waals surface area contributed by atoms with Crippen LogP contribution in [0.2, 0.25) is 10.0 Å². The van der Waals surface area contributed by atoms with Crippen LogP contribution in [0, 0.1) is 6.92 Å². The first-order valence-electron chi connectivity index (χ1n) is 6.84. The van der Waals surface area contributed by atoms with Crippen LogP contribution in [0.25, 0.3) is 0 Å². The lowest BCUT2D eigenvalue weighted by atomic mass is 10.2. The molecule has 0 atom stereocenters. The molecule has 22 heavy (non-hydrogen) atoms. The Balaban J connectivity index is 1.67. The number of anilines is 1. The fourth-order valence-corrected chi connectivity index (χ4v) is 2.84. The maximum absolute atomic E-state index is 12.5.